The van der Waals surface area contributed by atoms with Crippen LogP contribution in [0.1, 0.15) is 31.8 Å². The Balaban J connectivity index is 1.05. The molecule has 0 aromatic heterocycles. The van der Waals surface area contributed by atoms with Gasteiger partial charge >= 0.3 is 0 Å². The Kier molecular flexibility index (Phi) is 9.48. The fourth-order valence-corrected chi connectivity index (χ4v) is 7.00. The van der Waals surface area contributed by atoms with Gasteiger partial charge in [-0.1, -0.05) is 30.3 Å². The number of ether oxygens (including phenoxy) is 1. The fourth-order valence-electron chi connectivity index (χ4n) is 5.72. The van der Waals surface area contributed by atoms with Crippen molar-refractivity contribution in [2.75, 3.05) is 66.4 Å². The Bertz CT molecular complexity index is 1790. The Hall–Kier alpha value is -4.51. The molecule has 0 saturated carbocycles. The van der Waals surface area contributed by atoms with Crippen LogP contribution >= 0.6 is 0 Å². The summed E-state index contributed by atoms with van der Waals surface area (Å²) in [4.78, 5) is 30.4. The normalized spacial score (nSPS) is 16.5. The Morgan fingerprint density at radius 2 is 1.28 bits per heavy atom. The molecule has 238 valence electrons. The van der Waals surface area contributed by atoms with Crippen molar-refractivity contribution >= 4 is 38.7 Å². The topological polar surface area (TPSA) is 108 Å². The largest absolute Gasteiger partial charge is 0.378 e. The molecule has 2 heterocycles. The van der Waals surface area contributed by atoms with Gasteiger partial charge in [-0.3, -0.25) is 14.5 Å². The molecule has 2 fully saturated rings. The molecule has 46 heavy (non-hydrogen) atoms. The van der Waals surface area contributed by atoms with Crippen LogP contribution in [-0.4, -0.2) is 76.0 Å². The maximum absolute atomic E-state index is 13.0. The molecular weight excluding hydrogens is 600 g/mol. The van der Waals surface area contributed by atoms with Gasteiger partial charge in [0.2, 0.25) is 0 Å². The third-order valence-electron chi connectivity index (χ3n) is 8.51. The average molecular weight is 639 g/mol. The summed E-state index contributed by atoms with van der Waals surface area (Å²) in [6.45, 7) is 6.88. The lowest BCUT2D eigenvalue weighted by atomic mass is 9.98. The summed E-state index contributed by atoms with van der Waals surface area (Å²) in [5.41, 5.74) is 7.61. The second-order valence-electron chi connectivity index (χ2n) is 11.8. The zero-order valence-corrected chi connectivity index (χ0v) is 26.7. The van der Waals surface area contributed by atoms with Crippen molar-refractivity contribution in [3.8, 4) is 11.1 Å². The van der Waals surface area contributed by atoms with Gasteiger partial charge in [0.05, 0.1) is 24.7 Å². The Morgan fingerprint density at radius 3 is 1.91 bits per heavy atom. The van der Waals surface area contributed by atoms with Crippen LogP contribution in [0, 0.1) is 6.92 Å². The number of rotatable bonds is 8. The number of amides is 2. The number of benzene rings is 4. The molecular formula is C36H38N4O5S. The van der Waals surface area contributed by atoms with E-state index >= 15 is 0 Å². The third kappa shape index (κ3) is 7.82. The third-order valence-corrected chi connectivity index (χ3v) is 10.1. The highest BCUT2D eigenvalue weighted by molar-refractivity contribution is 7.91. The number of sulfone groups is 1. The second kappa shape index (κ2) is 13.9. The first-order valence-corrected chi connectivity index (χ1v) is 17.3. The zero-order chi connectivity index (χ0) is 32.1. The number of hydrogen-bond acceptors (Lipinski definition) is 7. The number of anilines is 3. The number of nitrogens with one attached hydrogen (secondary N) is 2. The molecule has 2 saturated heterocycles. The fraction of sp³-hybridized carbons (Fsp3) is 0.278. The molecule has 0 spiro atoms. The number of carbonyl (C=O) groups is 2. The van der Waals surface area contributed by atoms with Crippen molar-refractivity contribution < 1.29 is 22.7 Å². The van der Waals surface area contributed by atoms with Crippen molar-refractivity contribution in [1.82, 2.24) is 4.90 Å². The van der Waals surface area contributed by atoms with E-state index in [4.69, 9.17) is 4.74 Å². The van der Waals surface area contributed by atoms with Gasteiger partial charge in [0.15, 0.2) is 9.84 Å². The number of hydrogen-bond donors (Lipinski definition) is 2. The molecule has 2 aliphatic rings. The maximum Gasteiger partial charge on any atom is 0.255 e. The van der Waals surface area contributed by atoms with Crippen LogP contribution in [0.5, 0.6) is 0 Å². The van der Waals surface area contributed by atoms with Crippen molar-refractivity contribution in [2.45, 2.75) is 13.5 Å². The molecule has 10 heteroatoms. The molecule has 0 atom stereocenters. The molecule has 0 aliphatic carbocycles. The summed E-state index contributed by atoms with van der Waals surface area (Å²) in [5, 5.41) is 5.97. The van der Waals surface area contributed by atoms with E-state index in [9.17, 15) is 18.0 Å². The first-order valence-electron chi connectivity index (χ1n) is 15.5. The minimum Gasteiger partial charge on any atom is -0.378 e. The predicted octanol–water partition coefficient (Wildman–Crippen LogP) is 5.23. The minimum atomic E-state index is -2.90. The smallest absolute Gasteiger partial charge is 0.255 e. The first kappa shape index (κ1) is 31.5. The highest BCUT2D eigenvalue weighted by Crippen LogP contribution is 2.28. The molecule has 0 radical (unpaired) electrons. The van der Waals surface area contributed by atoms with Crippen molar-refractivity contribution in [2.24, 2.45) is 0 Å². The monoisotopic (exact) mass is 638 g/mol. The lowest BCUT2D eigenvalue weighted by molar-refractivity contribution is 0.101. The molecule has 6 rings (SSSR count). The number of morpholine rings is 1. The van der Waals surface area contributed by atoms with Gasteiger partial charge in [-0.25, -0.2) is 8.42 Å². The van der Waals surface area contributed by atoms with Gasteiger partial charge in [-0.05, 0) is 89.8 Å². The summed E-state index contributed by atoms with van der Waals surface area (Å²) in [6.07, 6.45) is 0. The summed E-state index contributed by atoms with van der Waals surface area (Å²) in [5.74, 6) is 0.0164. The molecule has 0 bridgehead atoms. The summed E-state index contributed by atoms with van der Waals surface area (Å²) < 4.78 is 28.8. The molecule has 0 unspecified atom stereocenters. The predicted molar refractivity (Wildman–Crippen MR) is 182 cm³/mol. The van der Waals surface area contributed by atoms with Crippen molar-refractivity contribution in [3.05, 3.63) is 113 Å². The van der Waals surface area contributed by atoms with E-state index < -0.39 is 9.84 Å². The van der Waals surface area contributed by atoms with E-state index in [1.54, 1.807) is 12.1 Å². The molecule has 4 aromatic carbocycles. The maximum atomic E-state index is 13.0. The highest BCUT2D eigenvalue weighted by atomic mass is 32.2. The second-order valence-corrected chi connectivity index (χ2v) is 14.1. The summed E-state index contributed by atoms with van der Waals surface area (Å²) in [7, 11) is -2.90. The molecule has 2 aliphatic heterocycles. The van der Waals surface area contributed by atoms with Gasteiger partial charge in [0.25, 0.3) is 11.8 Å². The lowest BCUT2D eigenvalue weighted by Gasteiger charge is -2.28. The van der Waals surface area contributed by atoms with Crippen LogP contribution in [0.15, 0.2) is 91.0 Å². The Labute approximate surface area is 270 Å². The lowest BCUT2D eigenvalue weighted by Crippen LogP contribution is -2.39. The van der Waals surface area contributed by atoms with E-state index in [1.807, 2.05) is 85.8 Å². The SMILES string of the molecule is Cc1ccc(NC(=O)c2ccc(N3CCOCC3)cc2)cc1-c1ccc(C(=O)Nc2ccc(CN3CCS(=O)(=O)CC3)cc2)cc1. The molecule has 4 aromatic rings. The van der Waals surface area contributed by atoms with Crippen LogP contribution in [0.4, 0.5) is 17.1 Å². The minimum absolute atomic E-state index is 0.176. The number of carbonyl (C=O) groups excluding carboxylic acids is 2. The van der Waals surface area contributed by atoms with E-state index in [0.29, 0.717) is 55.3 Å². The van der Waals surface area contributed by atoms with E-state index in [0.717, 1.165) is 41.0 Å². The number of aryl methyl sites for hydroxylation is 1. The van der Waals surface area contributed by atoms with Crippen LogP contribution in [0.3, 0.4) is 0 Å². The summed E-state index contributed by atoms with van der Waals surface area (Å²) in [6, 6.07) is 28.5. The van der Waals surface area contributed by atoms with Crippen molar-refractivity contribution in [3.63, 3.8) is 0 Å². The van der Waals surface area contributed by atoms with Gasteiger partial charge in [0, 0.05) is 60.9 Å². The van der Waals surface area contributed by atoms with Gasteiger partial charge in [-0.2, -0.15) is 0 Å². The van der Waals surface area contributed by atoms with E-state index in [1.165, 1.54) is 0 Å². The first-order chi connectivity index (χ1) is 22.2. The Morgan fingerprint density at radius 1 is 0.717 bits per heavy atom. The quantitative estimate of drug-likeness (QED) is 0.272. The van der Waals surface area contributed by atoms with E-state index in [-0.39, 0.29) is 23.3 Å². The van der Waals surface area contributed by atoms with Crippen LogP contribution in [0.25, 0.3) is 11.1 Å². The number of nitrogens with zero attached hydrogens (tertiary/aromatic N) is 2. The molecule has 9 nitrogen and oxygen atoms in total. The van der Waals surface area contributed by atoms with Gasteiger partial charge in [0.1, 0.15) is 0 Å². The van der Waals surface area contributed by atoms with Gasteiger partial charge < -0.3 is 20.3 Å². The van der Waals surface area contributed by atoms with Crippen LogP contribution < -0.4 is 15.5 Å². The summed E-state index contributed by atoms with van der Waals surface area (Å²) >= 11 is 0. The highest BCUT2D eigenvalue weighted by Gasteiger charge is 2.21. The van der Waals surface area contributed by atoms with Crippen LogP contribution in [-0.2, 0) is 21.1 Å². The van der Waals surface area contributed by atoms with Crippen LogP contribution in [0.2, 0.25) is 0 Å². The standard InChI is InChI=1S/C36H38N4O5S/c1-26-2-11-32(38-36(42)30-9-14-33(15-10-30)40-16-20-45-21-17-40)24-34(26)28-5-7-29(8-6-28)35(41)37-31-12-3-27(4-13-31)25-39-18-22-46(43,44)23-19-39/h2-15,24H,16-23,25H2,1H3,(H,37,41)(H,38,42). The average Bonchev–Trinajstić information content (AvgIpc) is 3.08. The van der Waals surface area contributed by atoms with Crippen molar-refractivity contribution in [1.29, 1.82) is 0 Å². The molecule has 2 amide bonds. The van der Waals surface area contributed by atoms with E-state index in [2.05, 4.69) is 20.4 Å². The van der Waals surface area contributed by atoms with Gasteiger partial charge in [-0.15, -0.1) is 0 Å². The zero-order valence-electron chi connectivity index (χ0n) is 25.9. The molecule has 2 N–H and O–H groups in total.